The van der Waals surface area contributed by atoms with Crippen molar-refractivity contribution in [2.75, 3.05) is 0 Å². The molecule has 0 aliphatic carbocycles. The number of furan rings is 1. The molecular formula is C12H14N2O. The van der Waals surface area contributed by atoms with Crippen LogP contribution in [0.1, 0.15) is 17.2 Å². The maximum atomic E-state index is 5.44. The first-order chi connectivity index (χ1) is 7.34. The molecule has 0 fully saturated rings. The van der Waals surface area contributed by atoms with E-state index < -0.39 is 0 Å². The summed E-state index contributed by atoms with van der Waals surface area (Å²) in [6.07, 6.45) is 1.80. The predicted octanol–water partition coefficient (Wildman–Crippen LogP) is 2.27. The van der Waals surface area contributed by atoms with E-state index in [9.17, 15) is 0 Å². The van der Waals surface area contributed by atoms with E-state index in [-0.39, 0.29) is 0 Å². The lowest BCUT2D eigenvalue weighted by molar-refractivity contribution is 0.461. The van der Waals surface area contributed by atoms with Crippen molar-refractivity contribution in [3.05, 3.63) is 53.7 Å². The lowest BCUT2D eigenvalue weighted by Gasteiger charge is -2.01. The molecule has 0 spiro atoms. The lowest BCUT2D eigenvalue weighted by Crippen LogP contribution is -2.12. The van der Waals surface area contributed by atoms with Crippen LogP contribution in [0.3, 0.4) is 0 Å². The molecule has 0 unspecified atom stereocenters. The molecule has 0 bridgehead atoms. The monoisotopic (exact) mass is 202 g/mol. The molecule has 0 aliphatic rings. The first-order valence-corrected chi connectivity index (χ1v) is 5.00. The summed E-state index contributed by atoms with van der Waals surface area (Å²) >= 11 is 0. The fourth-order valence-electron chi connectivity index (χ4n) is 1.40. The van der Waals surface area contributed by atoms with Gasteiger partial charge in [-0.05, 0) is 31.2 Å². The molecule has 2 rings (SSSR count). The van der Waals surface area contributed by atoms with Crippen molar-refractivity contribution in [1.29, 1.82) is 0 Å². The molecule has 0 radical (unpaired) electrons. The van der Waals surface area contributed by atoms with Gasteiger partial charge in [-0.2, -0.15) is 0 Å². The molecular weight excluding hydrogens is 188 g/mol. The Labute approximate surface area is 89.1 Å². The molecule has 0 aliphatic heterocycles. The molecule has 2 aromatic heterocycles. The summed E-state index contributed by atoms with van der Waals surface area (Å²) in [7, 11) is 0. The van der Waals surface area contributed by atoms with E-state index in [1.165, 1.54) is 0 Å². The highest BCUT2D eigenvalue weighted by molar-refractivity contribution is 5.06. The van der Waals surface area contributed by atoms with Gasteiger partial charge in [0.15, 0.2) is 0 Å². The van der Waals surface area contributed by atoms with E-state index in [4.69, 9.17) is 4.42 Å². The number of hydrogen-bond donors (Lipinski definition) is 1. The normalized spacial score (nSPS) is 10.5. The number of nitrogens with one attached hydrogen (secondary N) is 1. The third kappa shape index (κ3) is 2.92. The van der Waals surface area contributed by atoms with Crippen LogP contribution in [0.15, 0.2) is 40.9 Å². The van der Waals surface area contributed by atoms with Gasteiger partial charge in [-0.15, -0.1) is 0 Å². The van der Waals surface area contributed by atoms with Crippen LogP contribution in [0, 0.1) is 6.92 Å². The zero-order valence-corrected chi connectivity index (χ0v) is 8.73. The summed E-state index contributed by atoms with van der Waals surface area (Å²) < 4.78 is 5.44. The van der Waals surface area contributed by atoms with Crippen molar-refractivity contribution in [3.8, 4) is 0 Å². The van der Waals surface area contributed by atoms with Crippen LogP contribution in [0.2, 0.25) is 0 Å². The van der Waals surface area contributed by atoms with Crippen molar-refractivity contribution in [2.45, 2.75) is 20.0 Å². The molecule has 0 saturated carbocycles. The fourth-order valence-corrected chi connectivity index (χ4v) is 1.40. The second kappa shape index (κ2) is 4.75. The van der Waals surface area contributed by atoms with Crippen LogP contribution in [-0.4, -0.2) is 4.98 Å². The van der Waals surface area contributed by atoms with Crippen molar-refractivity contribution in [1.82, 2.24) is 10.3 Å². The van der Waals surface area contributed by atoms with Gasteiger partial charge < -0.3 is 9.73 Å². The second-order valence-electron chi connectivity index (χ2n) is 3.44. The number of aromatic nitrogens is 1. The highest BCUT2D eigenvalue weighted by Crippen LogP contribution is 2.05. The summed E-state index contributed by atoms with van der Waals surface area (Å²) in [6.45, 7) is 3.45. The highest BCUT2D eigenvalue weighted by atomic mass is 16.3. The van der Waals surface area contributed by atoms with Crippen molar-refractivity contribution in [2.24, 2.45) is 0 Å². The standard InChI is InChI=1S/C12H14N2O/c1-10-5-6-12(15-10)9-13-8-11-4-2-3-7-14-11/h2-7,13H,8-9H2,1H3. The van der Waals surface area contributed by atoms with E-state index in [1.54, 1.807) is 6.20 Å². The molecule has 3 heteroatoms. The molecule has 3 nitrogen and oxygen atoms in total. The van der Waals surface area contributed by atoms with E-state index in [1.807, 2.05) is 37.3 Å². The number of hydrogen-bond acceptors (Lipinski definition) is 3. The van der Waals surface area contributed by atoms with Gasteiger partial charge in [-0.25, -0.2) is 0 Å². The van der Waals surface area contributed by atoms with Gasteiger partial charge in [-0.3, -0.25) is 4.98 Å². The zero-order valence-electron chi connectivity index (χ0n) is 8.73. The maximum Gasteiger partial charge on any atom is 0.117 e. The van der Waals surface area contributed by atoms with Gasteiger partial charge in [0.25, 0.3) is 0 Å². The van der Waals surface area contributed by atoms with Crippen LogP contribution in [0.5, 0.6) is 0 Å². The minimum absolute atomic E-state index is 0.740. The van der Waals surface area contributed by atoms with Crippen LogP contribution in [-0.2, 0) is 13.1 Å². The Hall–Kier alpha value is -1.61. The quantitative estimate of drug-likeness (QED) is 0.826. The average Bonchev–Trinajstić information content (AvgIpc) is 2.66. The largest absolute Gasteiger partial charge is 0.465 e. The highest BCUT2D eigenvalue weighted by Gasteiger charge is 1.98. The van der Waals surface area contributed by atoms with Gasteiger partial charge in [-0.1, -0.05) is 6.07 Å². The topological polar surface area (TPSA) is 38.1 Å². The molecule has 0 amide bonds. The summed E-state index contributed by atoms with van der Waals surface area (Å²) in [5.74, 6) is 1.91. The van der Waals surface area contributed by atoms with Gasteiger partial charge >= 0.3 is 0 Å². The average molecular weight is 202 g/mol. The molecule has 0 atom stereocenters. The van der Waals surface area contributed by atoms with Gasteiger partial charge in [0, 0.05) is 12.7 Å². The Balaban J connectivity index is 1.80. The van der Waals surface area contributed by atoms with Crippen molar-refractivity contribution >= 4 is 0 Å². The smallest absolute Gasteiger partial charge is 0.117 e. The SMILES string of the molecule is Cc1ccc(CNCc2ccccn2)o1. The predicted molar refractivity (Wildman–Crippen MR) is 58.2 cm³/mol. The van der Waals surface area contributed by atoms with Gasteiger partial charge in [0.1, 0.15) is 11.5 Å². The molecule has 78 valence electrons. The van der Waals surface area contributed by atoms with Crippen molar-refractivity contribution in [3.63, 3.8) is 0 Å². The molecule has 2 aromatic rings. The van der Waals surface area contributed by atoms with E-state index in [2.05, 4.69) is 10.3 Å². The van der Waals surface area contributed by atoms with Crippen LogP contribution < -0.4 is 5.32 Å². The van der Waals surface area contributed by atoms with E-state index in [0.29, 0.717) is 0 Å². The first kappa shape index (κ1) is 9.93. The van der Waals surface area contributed by atoms with Crippen LogP contribution in [0.4, 0.5) is 0 Å². The molecule has 15 heavy (non-hydrogen) atoms. The first-order valence-electron chi connectivity index (χ1n) is 5.00. The summed E-state index contributed by atoms with van der Waals surface area (Å²) in [5.41, 5.74) is 1.04. The second-order valence-corrected chi connectivity index (χ2v) is 3.44. The van der Waals surface area contributed by atoms with Crippen LogP contribution in [0.25, 0.3) is 0 Å². The molecule has 1 N–H and O–H groups in total. The van der Waals surface area contributed by atoms with E-state index in [0.717, 1.165) is 30.3 Å². The lowest BCUT2D eigenvalue weighted by atomic mass is 10.3. The number of aryl methyl sites for hydroxylation is 1. The number of rotatable bonds is 4. The van der Waals surface area contributed by atoms with Gasteiger partial charge in [0.2, 0.25) is 0 Å². The molecule has 0 saturated heterocycles. The maximum absolute atomic E-state index is 5.44. The Morgan fingerprint density at radius 2 is 2.13 bits per heavy atom. The Bertz CT molecular complexity index is 409. The minimum atomic E-state index is 0.740. The van der Waals surface area contributed by atoms with Crippen molar-refractivity contribution < 1.29 is 4.42 Å². The Morgan fingerprint density at radius 1 is 1.20 bits per heavy atom. The Kier molecular flexibility index (Phi) is 3.15. The number of nitrogens with zero attached hydrogens (tertiary/aromatic N) is 1. The van der Waals surface area contributed by atoms with Gasteiger partial charge in [0.05, 0.1) is 12.2 Å². The third-order valence-corrected chi connectivity index (χ3v) is 2.13. The fraction of sp³-hybridized carbons (Fsp3) is 0.250. The summed E-state index contributed by atoms with van der Waals surface area (Å²) in [4.78, 5) is 4.22. The third-order valence-electron chi connectivity index (χ3n) is 2.13. The Morgan fingerprint density at radius 3 is 2.80 bits per heavy atom. The minimum Gasteiger partial charge on any atom is -0.465 e. The van der Waals surface area contributed by atoms with Crippen LogP contribution >= 0.6 is 0 Å². The summed E-state index contributed by atoms with van der Waals surface area (Å²) in [5, 5.41) is 3.28. The zero-order chi connectivity index (χ0) is 10.5. The molecule has 0 aromatic carbocycles. The molecule has 2 heterocycles. The number of pyridine rings is 1. The van der Waals surface area contributed by atoms with E-state index >= 15 is 0 Å². The summed E-state index contributed by atoms with van der Waals surface area (Å²) in [6, 6.07) is 9.86.